The fraction of sp³-hybridized carbons (Fsp3) is 0.111. The minimum atomic E-state index is 0.779. The molecule has 1 aromatic carbocycles. The highest BCUT2D eigenvalue weighted by Gasteiger charge is 1.97. The van der Waals surface area contributed by atoms with Gasteiger partial charge < -0.3 is 5.73 Å². The van der Waals surface area contributed by atoms with Crippen LogP contribution >= 0.6 is 0 Å². The highest BCUT2D eigenvalue weighted by Crippen LogP contribution is 2.17. The second kappa shape index (κ2) is 2.44. The van der Waals surface area contributed by atoms with Crippen molar-refractivity contribution < 1.29 is 0 Å². The Morgan fingerprint density at radius 2 is 2.17 bits per heavy atom. The maximum Gasteiger partial charge on any atom is 0.116 e. The monoisotopic (exact) mass is 159 g/mol. The van der Waals surface area contributed by atoms with Crippen molar-refractivity contribution in [1.82, 2.24) is 9.97 Å². The van der Waals surface area contributed by atoms with Crippen molar-refractivity contribution >= 4 is 16.6 Å². The molecule has 1 heterocycles. The normalized spacial score (nSPS) is 10.4. The van der Waals surface area contributed by atoms with E-state index in [-0.39, 0.29) is 0 Å². The number of aromatic nitrogens is 2. The number of nitrogens with zero attached hydrogens (tertiary/aromatic N) is 2. The van der Waals surface area contributed by atoms with E-state index in [1.165, 1.54) is 6.33 Å². The van der Waals surface area contributed by atoms with Crippen LogP contribution in [0.3, 0.4) is 0 Å². The number of nitrogens with two attached hydrogens (primary N) is 1. The maximum atomic E-state index is 5.73. The van der Waals surface area contributed by atoms with E-state index in [0.29, 0.717) is 0 Å². The molecule has 3 heteroatoms. The molecule has 0 saturated heterocycles. The number of nitrogen functional groups attached to an aromatic ring is 1. The first-order valence-corrected chi connectivity index (χ1v) is 3.73. The van der Waals surface area contributed by atoms with Gasteiger partial charge in [0.25, 0.3) is 0 Å². The summed E-state index contributed by atoms with van der Waals surface area (Å²) < 4.78 is 0. The van der Waals surface area contributed by atoms with Gasteiger partial charge in [-0.3, -0.25) is 0 Å². The molecule has 60 valence electrons. The van der Waals surface area contributed by atoms with E-state index < -0.39 is 0 Å². The van der Waals surface area contributed by atoms with Gasteiger partial charge in [0.1, 0.15) is 6.33 Å². The van der Waals surface area contributed by atoms with Crippen molar-refractivity contribution in [3.63, 3.8) is 0 Å². The van der Waals surface area contributed by atoms with Gasteiger partial charge in [0, 0.05) is 17.3 Å². The SMILES string of the molecule is Cc1cc2cncnc2cc1N. The molecule has 0 atom stereocenters. The van der Waals surface area contributed by atoms with E-state index in [4.69, 9.17) is 5.73 Å². The fourth-order valence-corrected chi connectivity index (χ4v) is 1.16. The summed E-state index contributed by atoms with van der Waals surface area (Å²) in [5.41, 5.74) is 8.47. The zero-order valence-corrected chi connectivity index (χ0v) is 6.78. The van der Waals surface area contributed by atoms with E-state index in [1.54, 1.807) is 6.20 Å². The molecule has 1 aromatic heterocycles. The summed E-state index contributed by atoms with van der Waals surface area (Å²) in [5, 5.41) is 1.03. The molecular formula is C9H9N3. The Balaban J connectivity index is 2.84. The van der Waals surface area contributed by atoms with Gasteiger partial charge >= 0.3 is 0 Å². The lowest BCUT2D eigenvalue weighted by Gasteiger charge is -2.01. The van der Waals surface area contributed by atoms with Crippen LogP contribution in [-0.4, -0.2) is 9.97 Å². The lowest BCUT2D eigenvalue weighted by molar-refractivity contribution is 1.22. The summed E-state index contributed by atoms with van der Waals surface area (Å²) in [5.74, 6) is 0. The Labute approximate surface area is 70.3 Å². The third-order valence-electron chi connectivity index (χ3n) is 1.89. The standard InChI is InChI=1S/C9H9N3/c1-6-2-7-4-11-5-12-9(7)3-8(6)10/h2-5H,10H2,1H3. The highest BCUT2D eigenvalue weighted by molar-refractivity contribution is 5.82. The van der Waals surface area contributed by atoms with Crippen LogP contribution in [0.1, 0.15) is 5.56 Å². The first-order chi connectivity index (χ1) is 5.77. The topological polar surface area (TPSA) is 51.8 Å². The van der Waals surface area contributed by atoms with Gasteiger partial charge in [-0.1, -0.05) is 0 Å². The molecule has 0 aliphatic rings. The lowest BCUT2D eigenvalue weighted by atomic mass is 10.1. The first-order valence-electron chi connectivity index (χ1n) is 3.73. The van der Waals surface area contributed by atoms with E-state index >= 15 is 0 Å². The number of hydrogen-bond donors (Lipinski definition) is 1. The van der Waals surface area contributed by atoms with E-state index in [9.17, 15) is 0 Å². The van der Waals surface area contributed by atoms with E-state index in [0.717, 1.165) is 22.2 Å². The molecule has 0 amide bonds. The zero-order valence-electron chi connectivity index (χ0n) is 6.78. The molecule has 3 nitrogen and oxygen atoms in total. The van der Waals surface area contributed by atoms with Crippen LogP contribution in [0.15, 0.2) is 24.7 Å². The van der Waals surface area contributed by atoms with Crippen LogP contribution in [0, 0.1) is 6.92 Å². The molecule has 2 aromatic rings. The van der Waals surface area contributed by atoms with Crippen molar-refractivity contribution in [1.29, 1.82) is 0 Å². The number of fused-ring (bicyclic) bond motifs is 1. The Morgan fingerprint density at radius 1 is 1.33 bits per heavy atom. The van der Waals surface area contributed by atoms with Gasteiger partial charge in [0.15, 0.2) is 0 Å². The van der Waals surface area contributed by atoms with Crippen molar-refractivity contribution in [2.45, 2.75) is 6.92 Å². The van der Waals surface area contributed by atoms with Gasteiger partial charge in [-0.05, 0) is 24.6 Å². The second-order valence-electron chi connectivity index (χ2n) is 2.79. The number of hydrogen-bond acceptors (Lipinski definition) is 3. The molecule has 0 aliphatic carbocycles. The Kier molecular flexibility index (Phi) is 1.43. The van der Waals surface area contributed by atoms with Gasteiger partial charge in [-0.2, -0.15) is 0 Å². The second-order valence-corrected chi connectivity index (χ2v) is 2.79. The molecule has 0 saturated carbocycles. The van der Waals surface area contributed by atoms with Crippen molar-refractivity contribution in [3.05, 3.63) is 30.2 Å². The molecular weight excluding hydrogens is 150 g/mol. The quantitative estimate of drug-likeness (QED) is 0.593. The van der Waals surface area contributed by atoms with Crippen molar-refractivity contribution in [3.8, 4) is 0 Å². The van der Waals surface area contributed by atoms with Crippen LogP contribution in [0.5, 0.6) is 0 Å². The van der Waals surface area contributed by atoms with Crippen LogP contribution in [0.2, 0.25) is 0 Å². The molecule has 12 heavy (non-hydrogen) atoms. The predicted molar refractivity (Wildman–Crippen MR) is 48.7 cm³/mol. The maximum absolute atomic E-state index is 5.73. The summed E-state index contributed by atoms with van der Waals surface area (Å²) in [7, 11) is 0. The number of benzene rings is 1. The third kappa shape index (κ3) is 0.993. The Morgan fingerprint density at radius 3 is 3.00 bits per heavy atom. The third-order valence-corrected chi connectivity index (χ3v) is 1.89. The molecule has 2 N–H and O–H groups in total. The smallest absolute Gasteiger partial charge is 0.116 e. The number of anilines is 1. The Bertz CT molecular complexity index is 383. The van der Waals surface area contributed by atoms with E-state index in [2.05, 4.69) is 9.97 Å². The van der Waals surface area contributed by atoms with Crippen LogP contribution in [-0.2, 0) is 0 Å². The van der Waals surface area contributed by atoms with Gasteiger partial charge in [0.05, 0.1) is 5.52 Å². The van der Waals surface area contributed by atoms with Crippen molar-refractivity contribution in [2.75, 3.05) is 5.73 Å². The minimum Gasteiger partial charge on any atom is -0.398 e. The summed E-state index contributed by atoms with van der Waals surface area (Å²) in [6.07, 6.45) is 3.31. The van der Waals surface area contributed by atoms with Crippen molar-refractivity contribution in [2.24, 2.45) is 0 Å². The minimum absolute atomic E-state index is 0.779. The predicted octanol–water partition coefficient (Wildman–Crippen LogP) is 1.52. The van der Waals surface area contributed by atoms with Crippen LogP contribution < -0.4 is 5.73 Å². The molecule has 0 aliphatic heterocycles. The fourth-order valence-electron chi connectivity index (χ4n) is 1.16. The molecule has 0 fully saturated rings. The van der Waals surface area contributed by atoms with E-state index in [1.807, 2.05) is 19.1 Å². The average molecular weight is 159 g/mol. The van der Waals surface area contributed by atoms with Crippen LogP contribution in [0.25, 0.3) is 10.9 Å². The molecule has 0 radical (unpaired) electrons. The molecule has 0 spiro atoms. The summed E-state index contributed by atoms with van der Waals surface area (Å²) in [6.45, 7) is 1.97. The molecule has 0 bridgehead atoms. The van der Waals surface area contributed by atoms with Gasteiger partial charge in [0.2, 0.25) is 0 Å². The zero-order chi connectivity index (χ0) is 8.55. The van der Waals surface area contributed by atoms with Crippen LogP contribution in [0.4, 0.5) is 5.69 Å². The highest BCUT2D eigenvalue weighted by atomic mass is 14.8. The van der Waals surface area contributed by atoms with Gasteiger partial charge in [-0.25, -0.2) is 9.97 Å². The van der Waals surface area contributed by atoms with Gasteiger partial charge in [-0.15, -0.1) is 0 Å². The number of rotatable bonds is 0. The average Bonchev–Trinajstić information content (AvgIpc) is 2.07. The molecule has 0 unspecified atom stereocenters. The summed E-state index contributed by atoms with van der Waals surface area (Å²) in [4.78, 5) is 8.02. The summed E-state index contributed by atoms with van der Waals surface area (Å²) >= 11 is 0. The lowest BCUT2D eigenvalue weighted by Crippen LogP contribution is -1.90. The largest absolute Gasteiger partial charge is 0.398 e. The molecule has 2 rings (SSSR count). The summed E-state index contributed by atoms with van der Waals surface area (Å²) in [6, 6.07) is 3.86. The number of aryl methyl sites for hydroxylation is 1. The first kappa shape index (κ1) is 7.03. The Hall–Kier alpha value is -1.64.